The van der Waals surface area contributed by atoms with E-state index in [0.29, 0.717) is 6.54 Å². The molecule has 0 spiro atoms. The van der Waals surface area contributed by atoms with Crippen molar-refractivity contribution in [2.24, 2.45) is 0 Å². The molecule has 4 heteroatoms. The summed E-state index contributed by atoms with van der Waals surface area (Å²) in [6, 6.07) is 8.63. The number of aromatic nitrogens is 1. The number of benzene rings is 1. The molecule has 0 fully saturated rings. The number of carboxylic acids is 1. The summed E-state index contributed by atoms with van der Waals surface area (Å²) in [5, 5.41) is 8.82. The molecule has 98 valence electrons. The van der Waals surface area contributed by atoms with E-state index in [1.54, 1.807) is 0 Å². The third-order valence-electron chi connectivity index (χ3n) is 3.08. The molecule has 0 aliphatic heterocycles. The number of nitrogens with zero attached hydrogens (tertiary/aromatic N) is 1. The second-order valence-electron chi connectivity index (χ2n) is 4.62. The molecule has 1 aromatic carbocycles. The molecule has 0 bridgehead atoms. The number of hydrogen-bond donors (Lipinski definition) is 1. The first-order chi connectivity index (χ1) is 8.97. The van der Waals surface area contributed by atoms with Gasteiger partial charge in [0.25, 0.3) is 5.56 Å². The zero-order valence-corrected chi connectivity index (χ0v) is 10.9. The number of rotatable bonds is 3. The monoisotopic (exact) mass is 257 g/mol. The molecule has 0 saturated carbocycles. The topological polar surface area (TPSA) is 59.3 Å². The van der Waals surface area contributed by atoms with Crippen LogP contribution in [0, 0.1) is 13.8 Å². The molecular formula is C15H15NO3. The fraction of sp³-hybridized carbons (Fsp3) is 0.200. The fourth-order valence-corrected chi connectivity index (χ4v) is 1.98. The van der Waals surface area contributed by atoms with Crippen LogP contribution in [0.25, 0.3) is 0 Å². The molecule has 1 heterocycles. The van der Waals surface area contributed by atoms with Gasteiger partial charge in [-0.2, -0.15) is 0 Å². The molecule has 1 aromatic heterocycles. The molecule has 0 radical (unpaired) electrons. The molecule has 0 saturated heterocycles. The molecule has 2 aromatic rings. The van der Waals surface area contributed by atoms with Gasteiger partial charge in [-0.1, -0.05) is 23.8 Å². The summed E-state index contributed by atoms with van der Waals surface area (Å²) >= 11 is 0. The summed E-state index contributed by atoms with van der Waals surface area (Å²) in [6.07, 6.45) is 1.52. The lowest BCUT2D eigenvalue weighted by Crippen LogP contribution is -2.21. The summed E-state index contributed by atoms with van der Waals surface area (Å²) in [5.41, 5.74) is 3.06. The van der Waals surface area contributed by atoms with Crippen molar-refractivity contribution in [1.82, 2.24) is 4.57 Å². The van der Waals surface area contributed by atoms with Gasteiger partial charge in [0.1, 0.15) is 0 Å². The lowest BCUT2D eigenvalue weighted by Gasteiger charge is -2.09. The molecule has 0 unspecified atom stereocenters. The van der Waals surface area contributed by atoms with Gasteiger partial charge in [-0.15, -0.1) is 0 Å². The molecule has 0 amide bonds. The number of pyridine rings is 1. The highest BCUT2D eigenvalue weighted by molar-refractivity contribution is 5.87. The largest absolute Gasteiger partial charge is 0.478 e. The van der Waals surface area contributed by atoms with E-state index in [2.05, 4.69) is 6.07 Å². The molecule has 19 heavy (non-hydrogen) atoms. The summed E-state index contributed by atoms with van der Waals surface area (Å²) in [4.78, 5) is 22.6. The lowest BCUT2D eigenvalue weighted by atomic mass is 10.1. The average Bonchev–Trinajstić information content (AvgIpc) is 2.34. The van der Waals surface area contributed by atoms with Crippen LogP contribution in [-0.2, 0) is 6.54 Å². The van der Waals surface area contributed by atoms with Crippen molar-refractivity contribution in [3.05, 3.63) is 69.1 Å². The van der Waals surface area contributed by atoms with E-state index in [-0.39, 0.29) is 11.1 Å². The molecule has 1 N–H and O–H groups in total. The smallest absolute Gasteiger partial charge is 0.335 e. The lowest BCUT2D eigenvalue weighted by molar-refractivity contribution is 0.0696. The van der Waals surface area contributed by atoms with Crippen molar-refractivity contribution in [2.45, 2.75) is 20.4 Å². The quantitative estimate of drug-likeness (QED) is 0.917. The molecular weight excluding hydrogens is 242 g/mol. The van der Waals surface area contributed by atoms with Crippen molar-refractivity contribution >= 4 is 5.97 Å². The van der Waals surface area contributed by atoms with E-state index in [1.165, 1.54) is 22.4 Å². The van der Waals surface area contributed by atoms with Crippen LogP contribution in [0.1, 0.15) is 27.0 Å². The third kappa shape index (κ3) is 2.91. The Labute approximate surface area is 110 Å². The van der Waals surface area contributed by atoms with Crippen molar-refractivity contribution in [3.8, 4) is 0 Å². The molecule has 4 nitrogen and oxygen atoms in total. The summed E-state index contributed by atoms with van der Waals surface area (Å²) in [7, 11) is 0. The Balaban J connectivity index is 2.34. The SMILES string of the molecule is Cc1ccc(Cn2ccc(C(=O)O)cc2=O)c(C)c1. The van der Waals surface area contributed by atoms with E-state index in [4.69, 9.17) is 5.11 Å². The maximum atomic E-state index is 11.8. The number of aromatic carboxylic acids is 1. The average molecular weight is 257 g/mol. The predicted molar refractivity (Wildman–Crippen MR) is 72.7 cm³/mol. The fourth-order valence-electron chi connectivity index (χ4n) is 1.98. The van der Waals surface area contributed by atoms with Gasteiger partial charge in [0.2, 0.25) is 0 Å². The Hall–Kier alpha value is -2.36. The van der Waals surface area contributed by atoms with Gasteiger partial charge in [0, 0.05) is 12.3 Å². The summed E-state index contributed by atoms with van der Waals surface area (Å²) in [6.45, 7) is 4.47. The normalized spacial score (nSPS) is 10.4. The van der Waals surface area contributed by atoms with Gasteiger partial charge in [0.15, 0.2) is 0 Å². The Morgan fingerprint density at radius 2 is 1.95 bits per heavy atom. The number of aryl methyl sites for hydroxylation is 2. The minimum Gasteiger partial charge on any atom is -0.478 e. The van der Waals surface area contributed by atoms with Crippen LogP contribution in [0.15, 0.2) is 41.3 Å². The molecule has 0 aliphatic rings. The highest BCUT2D eigenvalue weighted by atomic mass is 16.4. The Morgan fingerprint density at radius 3 is 2.53 bits per heavy atom. The van der Waals surface area contributed by atoms with Gasteiger partial charge >= 0.3 is 5.97 Å². The number of carboxylic acid groups (broad SMARTS) is 1. The van der Waals surface area contributed by atoms with Crippen LogP contribution < -0.4 is 5.56 Å². The van der Waals surface area contributed by atoms with Gasteiger partial charge < -0.3 is 9.67 Å². The van der Waals surface area contributed by atoms with E-state index >= 15 is 0 Å². The van der Waals surface area contributed by atoms with Gasteiger partial charge in [-0.3, -0.25) is 4.79 Å². The first kappa shape index (κ1) is 13.1. The van der Waals surface area contributed by atoms with Crippen LogP contribution >= 0.6 is 0 Å². The van der Waals surface area contributed by atoms with Crippen LogP contribution in [0.5, 0.6) is 0 Å². The van der Waals surface area contributed by atoms with E-state index in [9.17, 15) is 9.59 Å². The highest BCUT2D eigenvalue weighted by Crippen LogP contribution is 2.11. The first-order valence-corrected chi connectivity index (χ1v) is 5.97. The Kier molecular flexibility index (Phi) is 3.51. The zero-order chi connectivity index (χ0) is 14.0. The Bertz CT molecular complexity index is 686. The highest BCUT2D eigenvalue weighted by Gasteiger charge is 2.06. The molecule has 2 rings (SSSR count). The van der Waals surface area contributed by atoms with Gasteiger partial charge in [-0.05, 0) is 31.0 Å². The maximum Gasteiger partial charge on any atom is 0.335 e. The Morgan fingerprint density at radius 1 is 1.21 bits per heavy atom. The molecule has 0 aliphatic carbocycles. The van der Waals surface area contributed by atoms with Crippen LogP contribution in [-0.4, -0.2) is 15.6 Å². The number of carbonyl (C=O) groups is 1. The van der Waals surface area contributed by atoms with E-state index in [0.717, 1.165) is 17.2 Å². The van der Waals surface area contributed by atoms with Crippen molar-refractivity contribution in [1.29, 1.82) is 0 Å². The van der Waals surface area contributed by atoms with Crippen LogP contribution in [0.2, 0.25) is 0 Å². The standard InChI is InChI=1S/C15H15NO3/c1-10-3-4-13(11(2)7-10)9-16-6-5-12(15(18)19)8-14(16)17/h3-8H,9H2,1-2H3,(H,18,19). The van der Waals surface area contributed by atoms with Crippen LogP contribution in [0.4, 0.5) is 0 Å². The van der Waals surface area contributed by atoms with Crippen molar-refractivity contribution in [3.63, 3.8) is 0 Å². The maximum absolute atomic E-state index is 11.8. The van der Waals surface area contributed by atoms with Crippen molar-refractivity contribution < 1.29 is 9.90 Å². The molecule has 0 atom stereocenters. The van der Waals surface area contributed by atoms with E-state index in [1.807, 2.05) is 26.0 Å². The zero-order valence-electron chi connectivity index (χ0n) is 10.9. The second-order valence-corrected chi connectivity index (χ2v) is 4.62. The second kappa shape index (κ2) is 5.10. The van der Waals surface area contributed by atoms with Gasteiger partial charge in [-0.25, -0.2) is 4.79 Å². The van der Waals surface area contributed by atoms with E-state index < -0.39 is 5.97 Å². The summed E-state index contributed by atoms with van der Waals surface area (Å²) in [5.74, 6) is -1.09. The summed E-state index contributed by atoms with van der Waals surface area (Å²) < 4.78 is 1.50. The third-order valence-corrected chi connectivity index (χ3v) is 3.08. The van der Waals surface area contributed by atoms with Crippen LogP contribution in [0.3, 0.4) is 0 Å². The first-order valence-electron chi connectivity index (χ1n) is 5.97. The van der Waals surface area contributed by atoms with Gasteiger partial charge in [0.05, 0.1) is 12.1 Å². The minimum absolute atomic E-state index is 0.0156. The minimum atomic E-state index is -1.09. The predicted octanol–water partition coefficient (Wildman–Crippen LogP) is 2.21. The van der Waals surface area contributed by atoms with Crippen molar-refractivity contribution in [2.75, 3.05) is 0 Å². The number of hydrogen-bond acceptors (Lipinski definition) is 2.